The van der Waals surface area contributed by atoms with E-state index in [1.165, 1.54) is 43.4 Å². The predicted molar refractivity (Wildman–Crippen MR) is 191 cm³/mol. The van der Waals surface area contributed by atoms with Crippen LogP contribution in [-0.2, 0) is 0 Å². The Morgan fingerprint density at radius 3 is 1.57 bits per heavy atom. The van der Waals surface area contributed by atoms with Crippen molar-refractivity contribution in [3.63, 3.8) is 0 Å². The van der Waals surface area contributed by atoms with Crippen LogP contribution < -0.4 is 0 Å². The Kier molecular flexibility index (Phi) is 5.25. The van der Waals surface area contributed by atoms with E-state index in [1.807, 2.05) is 12.1 Å². The highest BCUT2D eigenvalue weighted by Crippen LogP contribution is 2.39. The van der Waals surface area contributed by atoms with E-state index in [-0.39, 0.29) is 0 Å². The molecular formula is C42H26N4. The standard InChI is InChI=1S/C42H26N4/c1-3-13-27(14-4-1)41-33-19-7-10-20-36(33)43-42(44-41)46-38-22-12-9-18-32(38)35-24-28-25-39-34(23-29(28)26-40(35)46)31-17-8-11-21-37(31)45(39)30-15-5-2-6-16-30/h1-26H. The molecule has 0 saturated heterocycles. The minimum atomic E-state index is 0.671. The van der Waals surface area contributed by atoms with Crippen molar-refractivity contribution in [2.45, 2.75) is 0 Å². The second-order valence-corrected chi connectivity index (χ2v) is 11.9. The minimum absolute atomic E-state index is 0.671. The number of hydrogen-bond acceptors (Lipinski definition) is 2. The van der Waals surface area contributed by atoms with Gasteiger partial charge in [-0.2, -0.15) is 0 Å². The molecular weight excluding hydrogens is 560 g/mol. The van der Waals surface area contributed by atoms with Crippen molar-refractivity contribution in [3.05, 3.63) is 158 Å². The second kappa shape index (κ2) is 9.62. The molecule has 0 radical (unpaired) electrons. The van der Waals surface area contributed by atoms with Gasteiger partial charge >= 0.3 is 0 Å². The van der Waals surface area contributed by atoms with Gasteiger partial charge in [0, 0.05) is 38.2 Å². The van der Waals surface area contributed by atoms with E-state index in [1.54, 1.807) is 0 Å². The van der Waals surface area contributed by atoms with Gasteiger partial charge in [-0.25, -0.2) is 9.97 Å². The van der Waals surface area contributed by atoms with Crippen molar-refractivity contribution in [1.29, 1.82) is 0 Å². The van der Waals surface area contributed by atoms with Crippen LogP contribution in [0, 0.1) is 0 Å². The summed E-state index contributed by atoms with van der Waals surface area (Å²) in [4.78, 5) is 10.4. The van der Waals surface area contributed by atoms with Crippen LogP contribution in [-0.4, -0.2) is 19.1 Å². The normalized spacial score (nSPS) is 11.9. The highest BCUT2D eigenvalue weighted by molar-refractivity contribution is 6.18. The number of nitrogens with zero attached hydrogens (tertiary/aromatic N) is 4. The van der Waals surface area contributed by atoms with E-state index in [2.05, 4.69) is 155 Å². The van der Waals surface area contributed by atoms with Gasteiger partial charge in [-0.05, 0) is 65.4 Å². The molecule has 0 aliphatic heterocycles. The molecule has 46 heavy (non-hydrogen) atoms. The first-order chi connectivity index (χ1) is 22.8. The Balaban J connectivity index is 1.30. The van der Waals surface area contributed by atoms with E-state index in [0.29, 0.717) is 5.95 Å². The molecule has 3 heterocycles. The van der Waals surface area contributed by atoms with Crippen LogP contribution in [0.5, 0.6) is 0 Å². The van der Waals surface area contributed by atoms with Gasteiger partial charge in [-0.1, -0.05) is 103 Å². The van der Waals surface area contributed by atoms with Crippen LogP contribution >= 0.6 is 0 Å². The molecule has 0 aliphatic rings. The molecule has 0 amide bonds. The summed E-state index contributed by atoms with van der Waals surface area (Å²) in [6, 6.07) is 56.0. The van der Waals surface area contributed by atoms with Gasteiger partial charge in [-0.3, -0.25) is 4.57 Å². The molecule has 7 aromatic carbocycles. The van der Waals surface area contributed by atoms with Gasteiger partial charge in [0.25, 0.3) is 0 Å². The Morgan fingerprint density at radius 2 is 0.891 bits per heavy atom. The summed E-state index contributed by atoms with van der Waals surface area (Å²) in [7, 11) is 0. The molecule has 0 saturated carbocycles. The maximum Gasteiger partial charge on any atom is 0.235 e. The maximum atomic E-state index is 5.27. The third-order valence-electron chi connectivity index (χ3n) is 9.27. The van der Waals surface area contributed by atoms with Crippen LogP contribution in [0.2, 0.25) is 0 Å². The zero-order chi connectivity index (χ0) is 30.2. The van der Waals surface area contributed by atoms with Crippen LogP contribution in [0.4, 0.5) is 0 Å². The molecule has 0 bridgehead atoms. The molecule has 0 atom stereocenters. The molecule has 4 nitrogen and oxygen atoms in total. The number of para-hydroxylation sites is 4. The van der Waals surface area contributed by atoms with Gasteiger partial charge in [0.1, 0.15) is 0 Å². The van der Waals surface area contributed by atoms with Crippen LogP contribution in [0.1, 0.15) is 0 Å². The van der Waals surface area contributed by atoms with E-state index in [9.17, 15) is 0 Å². The second-order valence-electron chi connectivity index (χ2n) is 11.9. The van der Waals surface area contributed by atoms with E-state index in [0.717, 1.165) is 38.9 Å². The SMILES string of the molecule is c1ccc(-c2nc(-n3c4ccccc4c4cc5cc6c(cc5cc43)c3ccccc3n6-c3ccccc3)nc3ccccc23)cc1. The molecule has 0 spiro atoms. The van der Waals surface area contributed by atoms with E-state index in [4.69, 9.17) is 9.97 Å². The van der Waals surface area contributed by atoms with Crippen LogP contribution in [0.15, 0.2) is 158 Å². The number of fused-ring (bicyclic) bond motifs is 8. The Morgan fingerprint density at radius 1 is 0.370 bits per heavy atom. The largest absolute Gasteiger partial charge is 0.309 e. The molecule has 0 aliphatic carbocycles. The van der Waals surface area contributed by atoms with Gasteiger partial charge in [0.2, 0.25) is 5.95 Å². The monoisotopic (exact) mass is 586 g/mol. The van der Waals surface area contributed by atoms with Gasteiger partial charge in [0.05, 0.1) is 33.3 Å². The van der Waals surface area contributed by atoms with Crippen molar-refractivity contribution in [2.24, 2.45) is 0 Å². The quantitative estimate of drug-likeness (QED) is 0.206. The van der Waals surface area contributed by atoms with Crippen LogP contribution in [0.3, 0.4) is 0 Å². The van der Waals surface area contributed by atoms with Crippen molar-refractivity contribution in [2.75, 3.05) is 0 Å². The number of hydrogen-bond donors (Lipinski definition) is 0. The third kappa shape index (κ3) is 3.61. The molecule has 0 unspecified atom stereocenters. The number of aromatic nitrogens is 4. The lowest BCUT2D eigenvalue weighted by atomic mass is 10.0. The fraction of sp³-hybridized carbons (Fsp3) is 0. The fourth-order valence-corrected chi connectivity index (χ4v) is 7.23. The van der Waals surface area contributed by atoms with Crippen molar-refractivity contribution < 1.29 is 0 Å². The molecule has 10 rings (SSSR count). The van der Waals surface area contributed by atoms with E-state index < -0.39 is 0 Å². The first kappa shape index (κ1) is 25.1. The summed E-state index contributed by atoms with van der Waals surface area (Å²) in [5.41, 5.74) is 8.68. The molecule has 0 fully saturated rings. The number of rotatable bonds is 3. The molecule has 4 heteroatoms. The van der Waals surface area contributed by atoms with Gasteiger partial charge < -0.3 is 4.57 Å². The van der Waals surface area contributed by atoms with Crippen molar-refractivity contribution in [3.8, 4) is 22.9 Å². The lowest BCUT2D eigenvalue weighted by molar-refractivity contribution is 1.01. The minimum Gasteiger partial charge on any atom is -0.309 e. The highest BCUT2D eigenvalue weighted by Gasteiger charge is 2.19. The molecule has 10 aromatic rings. The van der Waals surface area contributed by atoms with Crippen LogP contribution in [0.25, 0.3) is 88.2 Å². The Hall–Kier alpha value is -6.26. The lowest BCUT2D eigenvalue weighted by Gasteiger charge is -2.12. The van der Waals surface area contributed by atoms with Gasteiger partial charge in [-0.15, -0.1) is 0 Å². The summed E-state index contributed by atoms with van der Waals surface area (Å²) in [6.07, 6.45) is 0. The topological polar surface area (TPSA) is 35.6 Å². The average molecular weight is 587 g/mol. The van der Waals surface area contributed by atoms with Crippen molar-refractivity contribution in [1.82, 2.24) is 19.1 Å². The lowest BCUT2D eigenvalue weighted by Crippen LogP contribution is -2.03. The zero-order valence-electron chi connectivity index (χ0n) is 24.8. The fourth-order valence-electron chi connectivity index (χ4n) is 7.23. The van der Waals surface area contributed by atoms with E-state index >= 15 is 0 Å². The first-order valence-corrected chi connectivity index (χ1v) is 15.6. The highest BCUT2D eigenvalue weighted by atomic mass is 15.2. The molecule has 214 valence electrons. The Bertz CT molecular complexity index is 2790. The average Bonchev–Trinajstić information content (AvgIpc) is 3.61. The molecule has 0 N–H and O–H groups in total. The summed E-state index contributed by atoms with van der Waals surface area (Å²) in [6.45, 7) is 0. The summed E-state index contributed by atoms with van der Waals surface area (Å²) < 4.78 is 4.62. The molecule has 3 aromatic heterocycles. The Labute approximate surface area is 264 Å². The van der Waals surface area contributed by atoms with Crippen molar-refractivity contribution >= 4 is 65.3 Å². The predicted octanol–water partition coefficient (Wildman–Crippen LogP) is 10.6. The van der Waals surface area contributed by atoms with Gasteiger partial charge in [0.15, 0.2) is 0 Å². The summed E-state index contributed by atoms with van der Waals surface area (Å²) in [5.74, 6) is 0.671. The summed E-state index contributed by atoms with van der Waals surface area (Å²) >= 11 is 0. The smallest absolute Gasteiger partial charge is 0.235 e. The third-order valence-corrected chi connectivity index (χ3v) is 9.27. The first-order valence-electron chi connectivity index (χ1n) is 15.6. The zero-order valence-corrected chi connectivity index (χ0v) is 24.8. The maximum absolute atomic E-state index is 5.27. The summed E-state index contributed by atoms with van der Waals surface area (Å²) in [5, 5.41) is 8.28. The number of benzene rings is 7.